The van der Waals surface area contributed by atoms with E-state index < -0.39 is 0 Å². The molecule has 0 spiro atoms. The van der Waals surface area contributed by atoms with Crippen molar-refractivity contribution in [1.82, 2.24) is 10.2 Å². The minimum Gasteiger partial charge on any atom is -0.384 e. The highest BCUT2D eigenvalue weighted by Gasteiger charge is 2.27. The number of methoxy groups -OCH3 is 1. The van der Waals surface area contributed by atoms with Crippen LogP contribution < -0.4 is 5.32 Å². The Balaban J connectivity index is 1.83. The molecule has 2 atom stereocenters. The molecule has 14 heavy (non-hydrogen) atoms. The number of rotatable bonds is 2. The Morgan fingerprint density at radius 2 is 2.50 bits per heavy atom. The summed E-state index contributed by atoms with van der Waals surface area (Å²) in [4.78, 5) is 6.82. The fraction of sp³-hybridized carbons (Fsp3) is 0.900. The van der Waals surface area contributed by atoms with Gasteiger partial charge in [0.2, 0.25) is 0 Å². The van der Waals surface area contributed by atoms with E-state index in [0.29, 0.717) is 12.0 Å². The van der Waals surface area contributed by atoms with E-state index in [9.17, 15) is 0 Å². The maximum Gasteiger partial charge on any atom is 0.194 e. The SMILES string of the molecule is COCC1CCN(C2=NCC(C)N2)C1. The van der Waals surface area contributed by atoms with Gasteiger partial charge < -0.3 is 15.0 Å². The van der Waals surface area contributed by atoms with Gasteiger partial charge in [0.05, 0.1) is 13.2 Å². The molecule has 0 amide bonds. The van der Waals surface area contributed by atoms with Crippen molar-refractivity contribution in [2.75, 3.05) is 33.4 Å². The lowest BCUT2D eigenvalue weighted by molar-refractivity contribution is 0.157. The normalized spacial score (nSPS) is 31.9. The first-order chi connectivity index (χ1) is 6.79. The average molecular weight is 197 g/mol. The number of guanidine groups is 1. The van der Waals surface area contributed by atoms with Crippen molar-refractivity contribution in [2.45, 2.75) is 19.4 Å². The third kappa shape index (κ3) is 2.00. The molecule has 0 bridgehead atoms. The van der Waals surface area contributed by atoms with E-state index in [4.69, 9.17) is 4.74 Å². The Hall–Kier alpha value is -0.770. The molecule has 4 heteroatoms. The molecule has 1 N–H and O–H groups in total. The average Bonchev–Trinajstić information content (AvgIpc) is 2.74. The molecular weight excluding hydrogens is 178 g/mol. The highest BCUT2D eigenvalue weighted by Crippen LogP contribution is 2.17. The predicted molar refractivity (Wildman–Crippen MR) is 56.5 cm³/mol. The van der Waals surface area contributed by atoms with E-state index >= 15 is 0 Å². The summed E-state index contributed by atoms with van der Waals surface area (Å²) in [5.74, 6) is 1.77. The van der Waals surface area contributed by atoms with Gasteiger partial charge in [0.25, 0.3) is 0 Å². The van der Waals surface area contributed by atoms with Gasteiger partial charge in [0, 0.05) is 32.2 Å². The second-order valence-corrected chi connectivity index (χ2v) is 4.27. The molecule has 0 aliphatic carbocycles. The molecular formula is C10H19N3O. The van der Waals surface area contributed by atoms with Crippen LogP contribution in [0.4, 0.5) is 0 Å². The first-order valence-electron chi connectivity index (χ1n) is 5.34. The molecule has 0 saturated carbocycles. The van der Waals surface area contributed by atoms with E-state index in [1.165, 1.54) is 6.42 Å². The van der Waals surface area contributed by atoms with E-state index in [0.717, 1.165) is 32.2 Å². The molecule has 1 saturated heterocycles. The van der Waals surface area contributed by atoms with Crippen LogP contribution in [-0.2, 0) is 4.74 Å². The van der Waals surface area contributed by atoms with Gasteiger partial charge in [-0.05, 0) is 13.3 Å². The second-order valence-electron chi connectivity index (χ2n) is 4.27. The van der Waals surface area contributed by atoms with E-state index in [-0.39, 0.29) is 0 Å². The molecule has 0 radical (unpaired) electrons. The van der Waals surface area contributed by atoms with Crippen LogP contribution in [-0.4, -0.2) is 50.3 Å². The lowest BCUT2D eigenvalue weighted by Gasteiger charge is -2.19. The number of likely N-dealkylation sites (tertiary alicyclic amines) is 1. The van der Waals surface area contributed by atoms with Crippen LogP contribution in [0.5, 0.6) is 0 Å². The Kier molecular flexibility index (Phi) is 2.91. The summed E-state index contributed by atoms with van der Waals surface area (Å²) in [7, 11) is 1.77. The highest BCUT2D eigenvalue weighted by atomic mass is 16.5. The number of hydrogen-bond acceptors (Lipinski definition) is 4. The molecule has 2 aliphatic rings. The van der Waals surface area contributed by atoms with E-state index in [2.05, 4.69) is 22.1 Å². The van der Waals surface area contributed by atoms with Crippen molar-refractivity contribution in [3.05, 3.63) is 0 Å². The number of ether oxygens (including phenoxy) is 1. The summed E-state index contributed by atoms with van der Waals surface area (Å²) in [6.45, 7) is 6.16. The van der Waals surface area contributed by atoms with Gasteiger partial charge >= 0.3 is 0 Å². The summed E-state index contributed by atoms with van der Waals surface area (Å²) in [6, 6.07) is 0.506. The molecule has 2 aliphatic heterocycles. The molecule has 0 aromatic heterocycles. The van der Waals surface area contributed by atoms with Crippen LogP contribution in [0.3, 0.4) is 0 Å². The van der Waals surface area contributed by atoms with Crippen LogP contribution in [0.2, 0.25) is 0 Å². The van der Waals surface area contributed by atoms with Gasteiger partial charge in [-0.2, -0.15) is 0 Å². The van der Waals surface area contributed by atoms with Crippen molar-refractivity contribution >= 4 is 5.96 Å². The lowest BCUT2D eigenvalue weighted by Crippen LogP contribution is -2.40. The predicted octanol–water partition coefficient (Wildman–Crippen LogP) is 0.302. The fourth-order valence-corrected chi connectivity index (χ4v) is 2.12. The highest BCUT2D eigenvalue weighted by molar-refractivity contribution is 5.82. The minimum atomic E-state index is 0.506. The van der Waals surface area contributed by atoms with Gasteiger partial charge in [-0.25, -0.2) is 0 Å². The molecule has 0 aromatic rings. The van der Waals surface area contributed by atoms with Crippen LogP contribution in [0.1, 0.15) is 13.3 Å². The largest absolute Gasteiger partial charge is 0.384 e. The Bertz CT molecular complexity index is 229. The zero-order chi connectivity index (χ0) is 9.97. The van der Waals surface area contributed by atoms with Crippen molar-refractivity contribution in [3.8, 4) is 0 Å². The molecule has 80 valence electrons. The van der Waals surface area contributed by atoms with Crippen LogP contribution >= 0.6 is 0 Å². The zero-order valence-electron chi connectivity index (χ0n) is 8.99. The monoisotopic (exact) mass is 197 g/mol. The van der Waals surface area contributed by atoms with Gasteiger partial charge in [-0.3, -0.25) is 4.99 Å². The quantitative estimate of drug-likeness (QED) is 0.692. The van der Waals surface area contributed by atoms with Crippen LogP contribution in [0.25, 0.3) is 0 Å². The number of hydrogen-bond donors (Lipinski definition) is 1. The first kappa shape index (κ1) is 9.77. The Labute approximate surface area is 85.3 Å². The molecule has 4 nitrogen and oxygen atoms in total. The maximum atomic E-state index is 5.17. The second kappa shape index (κ2) is 4.17. The zero-order valence-corrected chi connectivity index (χ0v) is 8.99. The first-order valence-corrected chi connectivity index (χ1v) is 5.34. The summed E-state index contributed by atoms with van der Waals surface area (Å²) in [6.07, 6.45) is 1.23. The molecule has 2 unspecified atom stereocenters. The van der Waals surface area contributed by atoms with E-state index in [1.807, 2.05) is 0 Å². The van der Waals surface area contributed by atoms with Crippen molar-refractivity contribution < 1.29 is 4.74 Å². The third-order valence-electron chi connectivity index (χ3n) is 2.88. The molecule has 1 fully saturated rings. The standard InChI is InChI=1S/C10H19N3O/c1-8-5-11-10(12-8)13-4-3-9(6-13)7-14-2/h8-9H,3-7H2,1-2H3,(H,11,12). The van der Waals surface area contributed by atoms with E-state index in [1.54, 1.807) is 7.11 Å². The summed E-state index contributed by atoms with van der Waals surface area (Å²) < 4.78 is 5.17. The van der Waals surface area contributed by atoms with Crippen LogP contribution in [0, 0.1) is 5.92 Å². The summed E-state index contributed by atoms with van der Waals surface area (Å²) in [5.41, 5.74) is 0. The number of nitrogens with zero attached hydrogens (tertiary/aromatic N) is 2. The Morgan fingerprint density at radius 1 is 1.64 bits per heavy atom. The number of nitrogens with one attached hydrogen (secondary N) is 1. The van der Waals surface area contributed by atoms with Crippen molar-refractivity contribution in [1.29, 1.82) is 0 Å². The van der Waals surface area contributed by atoms with Gasteiger partial charge in [0.1, 0.15) is 0 Å². The third-order valence-corrected chi connectivity index (χ3v) is 2.88. The number of aliphatic imine (C=N–C) groups is 1. The fourth-order valence-electron chi connectivity index (χ4n) is 2.12. The summed E-state index contributed by atoms with van der Waals surface area (Å²) in [5, 5.41) is 3.39. The topological polar surface area (TPSA) is 36.9 Å². The lowest BCUT2D eigenvalue weighted by atomic mass is 10.1. The summed E-state index contributed by atoms with van der Waals surface area (Å²) >= 11 is 0. The maximum absolute atomic E-state index is 5.17. The van der Waals surface area contributed by atoms with Crippen molar-refractivity contribution in [2.24, 2.45) is 10.9 Å². The van der Waals surface area contributed by atoms with Crippen LogP contribution in [0.15, 0.2) is 4.99 Å². The minimum absolute atomic E-state index is 0.506. The van der Waals surface area contributed by atoms with Gasteiger partial charge in [-0.15, -0.1) is 0 Å². The molecule has 0 aromatic carbocycles. The van der Waals surface area contributed by atoms with Crippen molar-refractivity contribution in [3.63, 3.8) is 0 Å². The van der Waals surface area contributed by atoms with Gasteiger partial charge in [-0.1, -0.05) is 0 Å². The smallest absolute Gasteiger partial charge is 0.194 e. The Morgan fingerprint density at radius 3 is 3.14 bits per heavy atom. The molecule has 2 rings (SSSR count). The molecule has 2 heterocycles. The van der Waals surface area contributed by atoms with Gasteiger partial charge in [0.15, 0.2) is 5.96 Å².